The number of hydrogen-bond donors (Lipinski definition) is 1. The zero-order chi connectivity index (χ0) is 18.3. The van der Waals surface area contributed by atoms with Crippen LogP contribution >= 0.6 is 0 Å². The summed E-state index contributed by atoms with van der Waals surface area (Å²) in [5, 5.41) is 17.6. The summed E-state index contributed by atoms with van der Waals surface area (Å²) in [7, 11) is 1.93. The molecule has 7 nitrogen and oxygen atoms in total. The Kier molecular flexibility index (Phi) is 4.49. The van der Waals surface area contributed by atoms with Crippen molar-refractivity contribution in [1.29, 1.82) is 0 Å². The van der Waals surface area contributed by atoms with Gasteiger partial charge in [0.1, 0.15) is 12.2 Å². The van der Waals surface area contributed by atoms with Gasteiger partial charge < -0.3 is 14.6 Å². The monoisotopic (exact) mass is 360 g/mol. The van der Waals surface area contributed by atoms with E-state index in [-0.39, 0.29) is 35.6 Å². The van der Waals surface area contributed by atoms with Crippen LogP contribution < -0.4 is 0 Å². The van der Waals surface area contributed by atoms with Gasteiger partial charge in [0.05, 0.1) is 6.42 Å². The number of amides is 1. The van der Waals surface area contributed by atoms with Crippen molar-refractivity contribution in [1.82, 2.24) is 19.7 Å². The highest BCUT2D eigenvalue weighted by Crippen LogP contribution is 2.50. The van der Waals surface area contributed by atoms with Crippen LogP contribution in [0.2, 0.25) is 0 Å². The Morgan fingerprint density at radius 1 is 1.23 bits per heavy atom. The van der Waals surface area contributed by atoms with E-state index in [1.54, 1.807) is 6.33 Å². The second-order valence-electron chi connectivity index (χ2n) is 8.42. The van der Waals surface area contributed by atoms with E-state index < -0.39 is 5.97 Å². The molecule has 1 aromatic heterocycles. The Bertz CT molecular complexity index is 699. The summed E-state index contributed by atoms with van der Waals surface area (Å²) >= 11 is 0. The number of carbonyl (C=O) groups excluding carboxylic acids is 1. The molecule has 2 saturated carbocycles. The van der Waals surface area contributed by atoms with Crippen LogP contribution in [0, 0.1) is 11.3 Å². The number of piperidine rings is 1. The first-order chi connectivity index (χ1) is 12.5. The molecule has 2 heterocycles. The number of aliphatic carboxylic acids is 1. The van der Waals surface area contributed by atoms with Crippen molar-refractivity contribution >= 4 is 11.9 Å². The Balaban J connectivity index is 1.55. The number of fused-ring (bicyclic) bond motifs is 1. The van der Waals surface area contributed by atoms with E-state index in [2.05, 4.69) is 15.1 Å². The maximum atomic E-state index is 13.4. The molecule has 0 spiro atoms. The maximum absolute atomic E-state index is 13.4. The number of aromatic nitrogens is 3. The molecule has 3 aliphatic rings. The van der Waals surface area contributed by atoms with E-state index in [4.69, 9.17) is 0 Å². The van der Waals surface area contributed by atoms with Crippen LogP contribution in [0.4, 0.5) is 0 Å². The standard InChI is InChI=1S/C19H28N4O3/c1-22-12-20-21-17(22)13-6-7-14(13)18(26)23-10-4-9-19(11-16(24)25)8-3-2-5-15(19)23/h12-15H,2-11H2,1H3,(H,24,25)/t13-,14+,15+,19-/m1/s1. The second kappa shape index (κ2) is 6.67. The van der Waals surface area contributed by atoms with Gasteiger partial charge in [-0.25, -0.2) is 0 Å². The lowest BCUT2D eigenvalue weighted by molar-refractivity contribution is -0.156. The van der Waals surface area contributed by atoms with Crippen LogP contribution in [0.15, 0.2) is 6.33 Å². The van der Waals surface area contributed by atoms with Crippen LogP contribution in [0.5, 0.6) is 0 Å². The molecule has 4 rings (SSSR count). The lowest BCUT2D eigenvalue weighted by Gasteiger charge is -2.54. The summed E-state index contributed by atoms with van der Waals surface area (Å²) in [5.41, 5.74) is -0.220. The predicted octanol–water partition coefficient (Wildman–Crippen LogP) is 2.33. The molecule has 0 aromatic carbocycles. The number of nitrogens with zero attached hydrogens (tertiary/aromatic N) is 4. The summed E-state index contributed by atoms with van der Waals surface area (Å²) in [6, 6.07) is 0.0920. The lowest BCUT2D eigenvalue weighted by atomic mass is 9.62. The average Bonchev–Trinajstić information content (AvgIpc) is 2.98. The van der Waals surface area contributed by atoms with Gasteiger partial charge in [0.25, 0.3) is 0 Å². The van der Waals surface area contributed by atoms with Crippen LogP contribution in [0.1, 0.15) is 69.5 Å². The molecule has 7 heteroatoms. The van der Waals surface area contributed by atoms with Crippen molar-refractivity contribution in [3.8, 4) is 0 Å². The Morgan fingerprint density at radius 2 is 2.04 bits per heavy atom. The molecule has 1 amide bonds. The van der Waals surface area contributed by atoms with E-state index in [1.165, 1.54) is 0 Å². The summed E-state index contributed by atoms with van der Waals surface area (Å²) in [6.07, 6.45) is 9.65. The van der Waals surface area contributed by atoms with Gasteiger partial charge in [0.15, 0.2) is 0 Å². The molecule has 2 aliphatic carbocycles. The molecule has 1 aliphatic heterocycles. The third-order valence-electron chi connectivity index (χ3n) is 7.02. The number of likely N-dealkylation sites (tertiary alicyclic amines) is 1. The zero-order valence-electron chi connectivity index (χ0n) is 15.4. The molecular weight excluding hydrogens is 332 g/mol. The summed E-state index contributed by atoms with van der Waals surface area (Å²) in [5.74, 6) is 0.499. The van der Waals surface area contributed by atoms with E-state index in [1.807, 2.05) is 11.6 Å². The summed E-state index contributed by atoms with van der Waals surface area (Å²) in [6.45, 7) is 0.771. The molecule has 1 N–H and O–H groups in total. The van der Waals surface area contributed by atoms with Crippen LogP contribution in [0.3, 0.4) is 0 Å². The summed E-state index contributed by atoms with van der Waals surface area (Å²) < 4.78 is 1.91. The SMILES string of the molecule is Cn1cnnc1[C@@H]1CC[C@@H]1C(=O)N1CCC[C@@]2(CC(=O)O)CCCC[C@H]12. The van der Waals surface area contributed by atoms with Gasteiger partial charge in [-0.3, -0.25) is 9.59 Å². The van der Waals surface area contributed by atoms with Crippen LogP contribution in [-0.2, 0) is 16.6 Å². The Labute approximate surface area is 153 Å². The first kappa shape index (κ1) is 17.5. The van der Waals surface area contributed by atoms with Gasteiger partial charge in [-0.05, 0) is 38.5 Å². The van der Waals surface area contributed by atoms with E-state index in [0.29, 0.717) is 0 Å². The highest BCUT2D eigenvalue weighted by molar-refractivity contribution is 5.81. The van der Waals surface area contributed by atoms with Gasteiger partial charge >= 0.3 is 5.97 Å². The minimum atomic E-state index is -0.730. The van der Waals surface area contributed by atoms with Gasteiger partial charge in [0, 0.05) is 36.9 Å². The zero-order valence-corrected chi connectivity index (χ0v) is 15.4. The molecule has 0 radical (unpaired) electrons. The number of carboxylic acids is 1. The third-order valence-corrected chi connectivity index (χ3v) is 7.02. The quantitative estimate of drug-likeness (QED) is 0.890. The van der Waals surface area contributed by atoms with Gasteiger partial charge in [0.2, 0.25) is 5.91 Å². The van der Waals surface area contributed by atoms with E-state index >= 15 is 0 Å². The average molecular weight is 360 g/mol. The number of carboxylic acid groups (broad SMARTS) is 1. The maximum Gasteiger partial charge on any atom is 0.303 e. The predicted molar refractivity (Wildman–Crippen MR) is 94.4 cm³/mol. The fraction of sp³-hybridized carbons (Fsp3) is 0.789. The van der Waals surface area contributed by atoms with Crippen molar-refractivity contribution in [2.75, 3.05) is 6.54 Å². The Morgan fingerprint density at radius 3 is 2.69 bits per heavy atom. The first-order valence-electron chi connectivity index (χ1n) is 9.88. The van der Waals surface area contributed by atoms with Crippen molar-refractivity contribution in [2.24, 2.45) is 18.4 Å². The highest BCUT2D eigenvalue weighted by Gasteiger charge is 2.51. The molecule has 26 heavy (non-hydrogen) atoms. The second-order valence-corrected chi connectivity index (χ2v) is 8.42. The number of rotatable bonds is 4. The number of hydrogen-bond acceptors (Lipinski definition) is 4. The normalized spacial score (nSPS) is 34.0. The molecule has 0 unspecified atom stereocenters. The molecule has 1 aromatic rings. The lowest BCUT2D eigenvalue weighted by Crippen LogP contribution is -2.58. The first-order valence-corrected chi connectivity index (χ1v) is 9.88. The molecule has 1 saturated heterocycles. The molecule has 3 fully saturated rings. The smallest absolute Gasteiger partial charge is 0.303 e. The summed E-state index contributed by atoms with van der Waals surface area (Å²) in [4.78, 5) is 27.0. The highest BCUT2D eigenvalue weighted by atomic mass is 16.4. The fourth-order valence-corrected chi connectivity index (χ4v) is 5.63. The largest absolute Gasteiger partial charge is 0.481 e. The van der Waals surface area contributed by atoms with E-state index in [0.717, 1.165) is 63.7 Å². The molecule has 0 bridgehead atoms. The Hall–Kier alpha value is -1.92. The number of aryl methyl sites for hydroxylation is 1. The van der Waals surface area contributed by atoms with Gasteiger partial charge in [-0.15, -0.1) is 10.2 Å². The van der Waals surface area contributed by atoms with Crippen molar-refractivity contribution < 1.29 is 14.7 Å². The van der Waals surface area contributed by atoms with Crippen molar-refractivity contribution in [3.05, 3.63) is 12.2 Å². The van der Waals surface area contributed by atoms with Gasteiger partial charge in [-0.1, -0.05) is 12.8 Å². The fourth-order valence-electron chi connectivity index (χ4n) is 5.63. The van der Waals surface area contributed by atoms with Crippen molar-refractivity contribution in [2.45, 2.75) is 69.7 Å². The topological polar surface area (TPSA) is 88.3 Å². The van der Waals surface area contributed by atoms with Crippen LogP contribution in [-0.4, -0.2) is 49.2 Å². The van der Waals surface area contributed by atoms with E-state index in [9.17, 15) is 14.7 Å². The number of carbonyl (C=O) groups is 2. The molecular formula is C19H28N4O3. The molecule has 142 valence electrons. The van der Waals surface area contributed by atoms with Crippen molar-refractivity contribution in [3.63, 3.8) is 0 Å². The third kappa shape index (κ3) is 2.81. The van der Waals surface area contributed by atoms with Crippen LogP contribution in [0.25, 0.3) is 0 Å². The van der Waals surface area contributed by atoms with Gasteiger partial charge in [-0.2, -0.15) is 0 Å². The minimum Gasteiger partial charge on any atom is -0.481 e. The molecule has 4 atom stereocenters. The minimum absolute atomic E-state index is 0.0274.